The van der Waals surface area contributed by atoms with Crippen LogP contribution in [-0.2, 0) is 6.54 Å². The van der Waals surface area contributed by atoms with Gasteiger partial charge in [0.1, 0.15) is 0 Å². The lowest BCUT2D eigenvalue weighted by Gasteiger charge is -2.31. The smallest absolute Gasteiger partial charge is 0.0547 e. The van der Waals surface area contributed by atoms with Crippen molar-refractivity contribution in [1.82, 2.24) is 15.2 Å². The zero-order chi connectivity index (χ0) is 14.5. The molecule has 1 rings (SSSR count). The number of hydrogen-bond donors (Lipinski definition) is 1. The van der Waals surface area contributed by atoms with Crippen LogP contribution >= 0.6 is 0 Å². The first-order valence-corrected chi connectivity index (χ1v) is 7.13. The minimum atomic E-state index is 0.267. The molecule has 0 aliphatic carbocycles. The zero-order valence-electron chi connectivity index (χ0n) is 13.3. The van der Waals surface area contributed by atoms with Crippen LogP contribution in [0.15, 0.2) is 18.2 Å². The van der Waals surface area contributed by atoms with Crippen LogP contribution < -0.4 is 5.32 Å². The molecule has 0 aromatic carbocycles. The summed E-state index contributed by atoms with van der Waals surface area (Å²) < 4.78 is 0. The first-order valence-electron chi connectivity index (χ1n) is 7.13. The highest BCUT2D eigenvalue weighted by molar-refractivity contribution is 5.09. The maximum atomic E-state index is 4.56. The van der Waals surface area contributed by atoms with Crippen molar-refractivity contribution in [3.63, 3.8) is 0 Å². The fourth-order valence-electron chi connectivity index (χ4n) is 2.29. The van der Waals surface area contributed by atoms with Gasteiger partial charge in [0.15, 0.2) is 0 Å². The number of aromatic nitrogens is 1. The van der Waals surface area contributed by atoms with Gasteiger partial charge in [-0.05, 0) is 31.5 Å². The molecule has 0 saturated carbocycles. The van der Waals surface area contributed by atoms with Gasteiger partial charge in [-0.2, -0.15) is 0 Å². The standard InChI is InChI=1S/C16H29N3/c1-13(2)17-11-16(4,5)12-19(6)10-15-9-7-8-14(3)18-15/h7-9,13,17H,10-12H2,1-6H3. The molecule has 0 saturated heterocycles. The topological polar surface area (TPSA) is 28.2 Å². The summed E-state index contributed by atoms with van der Waals surface area (Å²) in [6.07, 6.45) is 0. The Morgan fingerprint density at radius 3 is 2.58 bits per heavy atom. The third-order valence-electron chi connectivity index (χ3n) is 3.06. The molecule has 3 heteroatoms. The molecule has 108 valence electrons. The fourth-order valence-corrected chi connectivity index (χ4v) is 2.29. The van der Waals surface area contributed by atoms with Crippen LogP contribution in [0, 0.1) is 12.3 Å². The van der Waals surface area contributed by atoms with Gasteiger partial charge in [-0.3, -0.25) is 9.88 Å². The average molecular weight is 263 g/mol. The zero-order valence-corrected chi connectivity index (χ0v) is 13.3. The first kappa shape index (κ1) is 16.1. The first-order chi connectivity index (χ1) is 8.78. The Hall–Kier alpha value is -0.930. The predicted octanol–water partition coefficient (Wildman–Crippen LogP) is 2.85. The molecular formula is C16H29N3. The van der Waals surface area contributed by atoms with E-state index in [0.717, 1.165) is 31.0 Å². The minimum Gasteiger partial charge on any atom is -0.314 e. The molecule has 0 fully saturated rings. The van der Waals surface area contributed by atoms with Gasteiger partial charge in [0.25, 0.3) is 0 Å². The summed E-state index contributed by atoms with van der Waals surface area (Å²) in [5.41, 5.74) is 2.50. The third-order valence-corrected chi connectivity index (χ3v) is 3.06. The normalized spacial score (nSPS) is 12.4. The van der Waals surface area contributed by atoms with E-state index in [4.69, 9.17) is 0 Å². The Morgan fingerprint density at radius 2 is 2.00 bits per heavy atom. The molecule has 0 aliphatic rings. The van der Waals surface area contributed by atoms with E-state index < -0.39 is 0 Å². The van der Waals surface area contributed by atoms with Gasteiger partial charge in [-0.15, -0.1) is 0 Å². The van der Waals surface area contributed by atoms with Gasteiger partial charge >= 0.3 is 0 Å². The Morgan fingerprint density at radius 1 is 1.32 bits per heavy atom. The van der Waals surface area contributed by atoms with Crippen LogP contribution in [0.4, 0.5) is 0 Å². The summed E-state index contributed by atoms with van der Waals surface area (Å²) in [7, 11) is 2.17. The number of nitrogens with zero attached hydrogens (tertiary/aromatic N) is 2. The molecular weight excluding hydrogens is 234 g/mol. The molecule has 1 aromatic rings. The van der Waals surface area contributed by atoms with Crippen LogP contribution in [0.1, 0.15) is 39.1 Å². The van der Waals surface area contributed by atoms with Crippen molar-refractivity contribution in [3.05, 3.63) is 29.6 Å². The molecule has 0 radical (unpaired) electrons. The largest absolute Gasteiger partial charge is 0.314 e. The molecule has 1 heterocycles. The van der Waals surface area contributed by atoms with E-state index in [0.29, 0.717) is 6.04 Å². The Balaban J connectivity index is 2.47. The van der Waals surface area contributed by atoms with Crippen molar-refractivity contribution in [1.29, 1.82) is 0 Å². The summed E-state index contributed by atoms with van der Waals surface area (Å²) in [4.78, 5) is 6.91. The lowest BCUT2D eigenvalue weighted by molar-refractivity contribution is 0.194. The van der Waals surface area contributed by atoms with E-state index in [2.05, 4.69) is 62.1 Å². The van der Waals surface area contributed by atoms with Gasteiger partial charge in [0.05, 0.1) is 5.69 Å². The van der Waals surface area contributed by atoms with Crippen LogP contribution in [-0.4, -0.2) is 36.1 Å². The van der Waals surface area contributed by atoms with Gasteiger partial charge in [-0.25, -0.2) is 0 Å². The molecule has 0 amide bonds. The van der Waals surface area contributed by atoms with Crippen molar-refractivity contribution in [2.45, 2.75) is 47.2 Å². The average Bonchev–Trinajstić information content (AvgIpc) is 2.25. The fraction of sp³-hybridized carbons (Fsp3) is 0.688. The molecule has 1 aromatic heterocycles. The van der Waals surface area contributed by atoms with Crippen molar-refractivity contribution in [2.24, 2.45) is 5.41 Å². The summed E-state index contributed by atoms with van der Waals surface area (Å²) >= 11 is 0. The maximum absolute atomic E-state index is 4.56. The molecule has 19 heavy (non-hydrogen) atoms. The van der Waals surface area contributed by atoms with Crippen molar-refractivity contribution in [2.75, 3.05) is 20.1 Å². The van der Waals surface area contributed by atoms with E-state index in [1.807, 2.05) is 13.0 Å². The van der Waals surface area contributed by atoms with Crippen LogP contribution in [0.5, 0.6) is 0 Å². The lowest BCUT2D eigenvalue weighted by Crippen LogP contribution is -2.40. The van der Waals surface area contributed by atoms with E-state index in [9.17, 15) is 0 Å². The maximum Gasteiger partial charge on any atom is 0.0547 e. The van der Waals surface area contributed by atoms with E-state index in [-0.39, 0.29) is 5.41 Å². The molecule has 1 N–H and O–H groups in total. The second-order valence-corrected chi connectivity index (χ2v) is 6.64. The number of hydrogen-bond acceptors (Lipinski definition) is 3. The van der Waals surface area contributed by atoms with Gasteiger partial charge in [0.2, 0.25) is 0 Å². The van der Waals surface area contributed by atoms with E-state index >= 15 is 0 Å². The van der Waals surface area contributed by atoms with Crippen molar-refractivity contribution in [3.8, 4) is 0 Å². The molecule has 0 aliphatic heterocycles. The highest BCUT2D eigenvalue weighted by Gasteiger charge is 2.20. The van der Waals surface area contributed by atoms with Gasteiger partial charge in [0, 0.05) is 31.4 Å². The predicted molar refractivity (Wildman–Crippen MR) is 82.2 cm³/mol. The number of pyridine rings is 1. The summed E-state index contributed by atoms with van der Waals surface area (Å²) in [6, 6.07) is 6.77. The highest BCUT2D eigenvalue weighted by atomic mass is 15.1. The monoisotopic (exact) mass is 263 g/mol. The molecule has 3 nitrogen and oxygen atoms in total. The van der Waals surface area contributed by atoms with Crippen LogP contribution in [0.25, 0.3) is 0 Å². The van der Waals surface area contributed by atoms with E-state index in [1.165, 1.54) is 0 Å². The number of rotatable bonds is 7. The van der Waals surface area contributed by atoms with Crippen molar-refractivity contribution >= 4 is 0 Å². The lowest BCUT2D eigenvalue weighted by atomic mass is 9.92. The number of nitrogens with one attached hydrogen (secondary N) is 1. The molecule has 0 atom stereocenters. The van der Waals surface area contributed by atoms with Gasteiger partial charge < -0.3 is 5.32 Å². The summed E-state index contributed by atoms with van der Waals surface area (Å²) in [5.74, 6) is 0. The second kappa shape index (κ2) is 7.01. The molecule has 0 unspecified atom stereocenters. The Bertz CT molecular complexity index is 385. The van der Waals surface area contributed by atoms with Crippen LogP contribution in [0.3, 0.4) is 0 Å². The minimum absolute atomic E-state index is 0.267. The summed E-state index contributed by atoms with van der Waals surface area (Å²) in [5, 5.41) is 3.52. The Labute approximate surface area is 118 Å². The van der Waals surface area contributed by atoms with Gasteiger partial charge in [-0.1, -0.05) is 33.8 Å². The number of aryl methyl sites for hydroxylation is 1. The van der Waals surface area contributed by atoms with Crippen LogP contribution in [0.2, 0.25) is 0 Å². The summed E-state index contributed by atoms with van der Waals surface area (Å²) in [6.45, 7) is 14.0. The molecule has 0 spiro atoms. The SMILES string of the molecule is Cc1cccc(CN(C)CC(C)(C)CNC(C)C)n1. The third kappa shape index (κ3) is 6.69. The molecule has 0 bridgehead atoms. The highest BCUT2D eigenvalue weighted by Crippen LogP contribution is 2.16. The Kier molecular flexibility index (Phi) is 5.95. The quantitative estimate of drug-likeness (QED) is 0.820. The second-order valence-electron chi connectivity index (χ2n) is 6.64. The van der Waals surface area contributed by atoms with E-state index in [1.54, 1.807) is 0 Å². The van der Waals surface area contributed by atoms with Crippen molar-refractivity contribution < 1.29 is 0 Å².